The Morgan fingerprint density at radius 3 is 2.46 bits per heavy atom. The molecule has 3 heteroatoms. The van der Waals surface area contributed by atoms with Gasteiger partial charge in [0, 0.05) is 32.3 Å². The average molecular weight is 184 g/mol. The number of ether oxygens (including phenoxy) is 1. The summed E-state index contributed by atoms with van der Waals surface area (Å²) in [7, 11) is 2.17. The highest BCUT2D eigenvalue weighted by Gasteiger charge is 2.34. The van der Waals surface area contributed by atoms with Crippen LogP contribution in [-0.4, -0.2) is 44.3 Å². The van der Waals surface area contributed by atoms with Crippen LogP contribution in [0.25, 0.3) is 0 Å². The van der Waals surface area contributed by atoms with E-state index in [0.717, 1.165) is 25.7 Å². The highest BCUT2D eigenvalue weighted by molar-refractivity contribution is 4.89. The van der Waals surface area contributed by atoms with E-state index in [0.29, 0.717) is 12.0 Å². The van der Waals surface area contributed by atoms with Gasteiger partial charge in [0.25, 0.3) is 0 Å². The molecule has 0 aliphatic carbocycles. The maximum absolute atomic E-state index is 6.12. The summed E-state index contributed by atoms with van der Waals surface area (Å²) in [5.41, 5.74) is 6.12. The molecule has 2 aliphatic heterocycles. The van der Waals surface area contributed by atoms with Crippen LogP contribution >= 0.6 is 0 Å². The minimum absolute atomic E-state index is 0.396. The second-order valence-corrected chi connectivity index (χ2v) is 4.50. The first-order valence-corrected chi connectivity index (χ1v) is 5.29. The number of likely N-dealkylation sites (tertiary alicyclic amines) is 1. The third-order valence-electron chi connectivity index (χ3n) is 3.47. The van der Waals surface area contributed by atoms with Crippen LogP contribution in [0.4, 0.5) is 0 Å². The fraction of sp³-hybridized carbons (Fsp3) is 1.00. The fourth-order valence-electron chi connectivity index (χ4n) is 2.71. The van der Waals surface area contributed by atoms with Gasteiger partial charge in [-0.15, -0.1) is 0 Å². The molecule has 13 heavy (non-hydrogen) atoms. The lowest BCUT2D eigenvalue weighted by molar-refractivity contribution is 0.0462. The molecule has 2 heterocycles. The van der Waals surface area contributed by atoms with Crippen molar-refractivity contribution >= 4 is 0 Å². The van der Waals surface area contributed by atoms with Crippen LogP contribution in [0.15, 0.2) is 0 Å². The molecular weight excluding hydrogens is 164 g/mol. The molecule has 2 atom stereocenters. The molecule has 0 unspecified atom stereocenters. The van der Waals surface area contributed by atoms with Gasteiger partial charge in [-0.2, -0.15) is 0 Å². The average Bonchev–Trinajstić information content (AvgIpc) is 2.47. The molecule has 2 aliphatic rings. The smallest absolute Gasteiger partial charge is 0.0468 e. The Labute approximate surface area is 80.2 Å². The van der Waals surface area contributed by atoms with Gasteiger partial charge in [-0.1, -0.05) is 0 Å². The third kappa shape index (κ3) is 2.03. The molecule has 0 aromatic carbocycles. The lowest BCUT2D eigenvalue weighted by Gasteiger charge is -2.29. The summed E-state index contributed by atoms with van der Waals surface area (Å²) < 4.78 is 5.37. The Bertz CT molecular complexity index is 168. The summed E-state index contributed by atoms with van der Waals surface area (Å²) in [5.74, 6) is 1.53. The van der Waals surface area contributed by atoms with Gasteiger partial charge in [0.15, 0.2) is 0 Å². The second kappa shape index (κ2) is 3.95. The third-order valence-corrected chi connectivity index (χ3v) is 3.47. The molecule has 0 amide bonds. The van der Waals surface area contributed by atoms with Crippen LogP contribution in [0.5, 0.6) is 0 Å². The van der Waals surface area contributed by atoms with E-state index in [1.807, 2.05) is 0 Å². The zero-order valence-corrected chi connectivity index (χ0v) is 8.41. The lowest BCUT2D eigenvalue weighted by atomic mass is 9.83. The molecule has 3 nitrogen and oxygen atoms in total. The van der Waals surface area contributed by atoms with Crippen molar-refractivity contribution in [3.8, 4) is 0 Å². The van der Waals surface area contributed by atoms with Gasteiger partial charge in [-0.05, 0) is 31.7 Å². The Morgan fingerprint density at radius 1 is 1.23 bits per heavy atom. The number of likely N-dealkylation sites (N-methyl/N-ethyl adjacent to an activating group) is 1. The Kier molecular flexibility index (Phi) is 2.86. The molecular formula is C10H20N2O. The zero-order valence-electron chi connectivity index (χ0n) is 8.41. The van der Waals surface area contributed by atoms with Crippen LogP contribution in [0.2, 0.25) is 0 Å². The predicted molar refractivity (Wildman–Crippen MR) is 52.5 cm³/mol. The Morgan fingerprint density at radius 2 is 1.92 bits per heavy atom. The molecule has 2 N–H and O–H groups in total. The van der Waals surface area contributed by atoms with Crippen LogP contribution in [-0.2, 0) is 4.74 Å². The van der Waals surface area contributed by atoms with Crippen molar-refractivity contribution in [3.05, 3.63) is 0 Å². The van der Waals surface area contributed by atoms with Crippen LogP contribution in [0, 0.1) is 11.8 Å². The SMILES string of the molecule is CN1C[C@H](C2CCOCC2)[C@@H](N)C1. The van der Waals surface area contributed by atoms with Crippen molar-refractivity contribution in [1.29, 1.82) is 0 Å². The van der Waals surface area contributed by atoms with Crippen molar-refractivity contribution in [3.63, 3.8) is 0 Å². The van der Waals surface area contributed by atoms with E-state index >= 15 is 0 Å². The quantitative estimate of drug-likeness (QED) is 0.637. The first-order chi connectivity index (χ1) is 6.27. The first-order valence-electron chi connectivity index (χ1n) is 5.29. The highest BCUT2D eigenvalue weighted by atomic mass is 16.5. The van der Waals surface area contributed by atoms with Crippen molar-refractivity contribution in [2.24, 2.45) is 17.6 Å². The Balaban J connectivity index is 1.91. The van der Waals surface area contributed by atoms with E-state index in [1.54, 1.807) is 0 Å². The van der Waals surface area contributed by atoms with Gasteiger partial charge in [0.2, 0.25) is 0 Å². The van der Waals surface area contributed by atoms with Crippen LogP contribution in [0.1, 0.15) is 12.8 Å². The van der Waals surface area contributed by atoms with Crippen molar-refractivity contribution in [2.75, 3.05) is 33.4 Å². The Hall–Kier alpha value is -0.120. The molecule has 2 saturated heterocycles. The molecule has 76 valence electrons. The maximum atomic E-state index is 6.12. The van der Waals surface area contributed by atoms with E-state index in [4.69, 9.17) is 10.5 Å². The largest absolute Gasteiger partial charge is 0.381 e. The maximum Gasteiger partial charge on any atom is 0.0468 e. The van der Waals surface area contributed by atoms with Crippen molar-refractivity contribution in [1.82, 2.24) is 4.90 Å². The number of hydrogen-bond donors (Lipinski definition) is 1. The minimum atomic E-state index is 0.396. The molecule has 0 saturated carbocycles. The van der Waals surface area contributed by atoms with E-state index in [-0.39, 0.29) is 0 Å². The molecule has 2 fully saturated rings. The van der Waals surface area contributed by atoms with Crippen LogP contribution in [0.3, 0.4) is 0 Å². The first kappa shape index (κ1) is 9.44. The summed E-state index contributed by atoms with van der Waals surface area (Å²) in [4.78, 5) is 2.35. The van der Waals surface area contributed by atoms with Crippen molar-refractivity contribution in [2.45, 2.75) is 18.9 Å². The fourth-order valence-corrected chi connectivity index (χ4v) is 2.71. The van der Waals surface area contributed by atoms with E-state index in [1.165, 1.54) is 19.4 Å². The monoisotopic (exact) mass is 184 g/mol. The molecule has 0 spiro atoms. The normalized spacial score (nSPS) is 38.3. The molecule has 0 aromatic heterocycles. The summed E-state index contributed by atoms with van der Waals surface area (Å²) in [6.07, 6.45) is 2.43. The number of nitrogens with zero attached hydrogens (tertiary/aromatic N) is 1. The van der Waals surface area contributed by atoms with Crippen molar-refractivity contribution < 1.29 is 4.74 Å². The van der Waals surface area contributed by atoms with Gasteiger partial charge in [0.05, 0.1) is 0 Å². The van der Waals surface area contributed by atoms with Gasteiger partial charge in [-0.25, -0.2) is 0 Å². The molecule has 0 radical (unpaired) electrons. The standard InChI is InChI=1S/C10H20N2O/c1-12-6-9(10(11)7-12)8-2-4-13-5-3-8/h8-10H,2-7,11H2,1H3/t9-,10+/m1/s1. The number of nitrogens with two attached hydrogens (primary N) is 1. The lowest BCUT2D eigenvalue weighted by Crippen LogP contribution is -2.36. The predicted octanol–water partition coefficient (Wildman–Crippen LogP) is 0.302. The topological polar surface area (TPSA) is 38.5 Å². The molecule has 0 bridgehead atoms. The summed E-state index contributed by atoms with van der Waals surface area (Å²) in [5, 5.41) is 0. The van der Waals surface area contributed by atoms with Crippen LogP contribution < -0.4 is 5.73 Å². The van der Waals surface area contributed by atoms with E-state index in [2.05, 4.69) is 11.9 Å². The minimum Gasteiger partial charge on any atom is -0.381 e. The number of hydrogen-bond acceptors (Lipinski definition) is 3. The van der Waals surface area contributed by atoms with Gasteiger partial charge < -0.3 is 15.4 Å². The summed E-state index contributed by atoms with van der Waals surface area (Å²) in [6.45, 7) is 4.14. The molecule has 0 aromatic rings. The van der Waals surface area contributed by atoms with Gasteiger partial charge in [-0.3, -0.25) is 0 Å². The van der Waals surface area contributed by atoms with E-state index < -0.39 is 0 Å². The zero-order chi connectivity index (χ0) is 9.26. The molecule has 2 rings (SSSR count). The van der Waals surface area contributed by atoms with E-state index in [9.17, 15) is 0 Å². The summed E-state index contributed by atoms with van der Waals surface area (Å²) in [6, 6.07) is 0.396. The highest BCUT2D eigenvalue weighted by Crippen LogP contribution is 2.29. The van der Waals surface area contributed by atoms with Gasteiger partial charge in [0.1, 0.15) is 0 Å². The van der Waals surface area contributed by atoms with Gasteiger partial charge >= 0.3 is 0 Å². The second-order valence-electron chi connectivity index (χ2n) is 4.50. The summed E-state index contributed by atoms with van der Waals surface area (Å²) >= 11 is 0. The number of rotatable bonds is 1.